The fraction of sp³-hybridized carbons (Fsp3) is 0.111. The number of nitrogens with one attached hydrogen (secondary N) is 1. The van der Waals surface area contributed by atoms with Crippen LogP contribution in [-0.2, 0) is 9.59 Å². The van der Waals surface area contributed by atoms with Crippen molar-refractivity contribution in [1.29, 1.82) is 0 Å². The van der Waals surface area contributed by atoms with Crippen LogP contribution >= 0.6 is 15.9 Å². The Morgan fingerprint density at radius 1 is 1.16 bits per heavy atom. The highest BCUT2D eigenvalue weighted by Gasteiger charge is 2.11. The number of carbonyl (C=O) groups is 2. The lowest BCUT2D eigenvalue weighted by atomic mass is 10.2. The predicted molar refractivity (Wildman–Crippen MR) is 95.8 cm³/mol. The van der Waals surface area contributed by atoms with Crippen molar-refractivity contribution in [3.05, 3.63) is 70.2 Å². The van der Waals surface area contributed by atoms with E-state index in [4.69, 9.17) is 0 Å². The molecule has 0 atom stereocenters. The van der Waals surface area contributed by atoms with E-state index in [1.54, 1.807) is 12.1 Å². The molecule has 1 N–H and O–H groups in total. The van der Waals surface area contributed by atoms with Crippen LogP contribution in [0.3, 0.4) is 0 Å². The fourth-order valence-electron chi connectivity index (χ4n) is 1.96. The topological polar surface area (TPSA) is 49.4 Å². The summed E-state index contributed by atoms with van der Waals surface area (Å²) in [7, 11) is 1.45. The maximum absolute atomic E-state index is 13.6. The highest BCUT2D eigenvalue weighted by Crippen LogP contribution is 2.16. The number of hydrogen-bond donors (Lipinski definition) is 1. The second kappa shape index (κ2) is 8.53. The zero-order valence-electron chi connectivity index (χ0n) is 13.3. The standard InChI is InChI=1S/C18H15BrF2N2O2/c1-23(11-17(24)22-15-6-4-14(20)5-7-15)18(25)9-2-12-10-13(19)3-8-16(12)21/h2-10H,11H2,1H3,(H,22,24)/b9-2+. The molecule has 0 fully saturated rings. The van der Waals surface area contributed by atoms with Crippen molar-refractivity contribution in [3.63, 3.8) is 0 Å². The van der Waals surface area contributed by atoms with E-state index in [0.29, 0.717) is 10.2 Å². The zero-order chi connectivity index (χ0) is 18.4. The summed E-state index contributed by atoms with van der Waals surface area (Å²) in [5.74, 6) is -1.74. The van der Waals surface area contributed by atoms with Gasteiger partial charge in [-0.3, -0.25) is 9.59 Å². The van der Waals surface area contributed by atoms with Crippen LogP contribution in [0.2, 0.25) is 0 Å². The van der Waals surface area contributed by atoms with Gasteiger partial charge in [0, 0.05) is 28.8 Å². The van der Waals surface area contributed by atoms with Crippen LogP contribution in [0.25, 0.3) is 6.08 Å². The van der Waals surface area contributed by atoms with Gasteiger partial charge in [-0.1, -0.05) is 15.9 Å². The van der Waals surface area contributed by atoms with Crippen LogP contribution < -0.4 is 5.32 Å². The number of carbonyl (C=O) groups excluding carboxylic acids is 2. The quantitative estimate of drug-likeness (QED) is 0.764. The van der Waals surface area contributed by atoms with Gasteiger partial charge in [-0.05, 0) is 48.5 Å². The molecule has 0 aromatic heterocycles. The first-order chi connectivity index (χ1) is 11.8. The van der Waals surface area contributed by atoms with Gasteiger partial charge in [0.05, 0.1) is 6.54 Å². The summed E-state index contributed by atoms with van der Waals surface area (Å²) in [5.41, 5.74) is 0.686. The summed E-state index contributed by atoms with van der Waals surface area (Å²) < 4.78 is 27.1. The Kier molecular flexibility index (Phi) is 6.41. The van der Waals surface area contributed by atoms with E-state index in [0.717, 1.165) is 0 Å². The summed E-state index contributed by atoms with van der Waals surface area (Å²) >= 11 is 3.23. The van der Waals surface area contributed by atoms with Crippen LogP contribution in [0.15, 0.2) is 53.0 Å². The number of benzene rings is 2. The van der Waals surface area contributed by atoms with Crippen molar-refractivity contribution in [1.82, 2.24) is 4.90 Å². The van der Waals surface area contributed by atoms with Gasteiger partial charge >= 0.3 is 0 Å². The number of rotatable bonds is 5. The third kappa shape index (κ3) is 5.79. The Hall–Kier alpha value is -2.54. The molecule has 0 heterocycles. The van der Waals surface area contributed by atoms with Crippen molar-refractivity contribution in [3.8, 4) is 0 Å². The van der Waals surface area contributed by atoms with Crippen LogP contribution in [-0.4, -0.2) is 30.3 Å². The van der Waals surface area contributed by atoms with E-state index in [9.17, 15) is 18.4 Å². The monoisotopic (exact) mass is 408 g/mol. The summed E-state index contributed by atoms with van der Waals surface area (Å²) in [6.45, 7) is -0.193. The van der Waals surface area contributed by atoms with Crippen LogP contribution in [0.1, 0.15) is 5.56 Å². The number of anilines is 1. The first-order valence-electron chi connectivity index (χ1n) is 7.29. The molecule has 2 rings (SSSR count). The third-order valence-corrected chi connectivity index (χ3v) is 3.74. The van der Waals surface area contributed by atoms with Gasteiger partial charge in [-0.15, -0.1) is 0 Å². The molecule has 7 heteroatoms. The normalized spacial score (nSPS) is 10.7. The van der Waals surface area contributed by atoms with Gasteiger partial charge in [0.2, 0.25) is 11.8 Å². The molecule has 0 aliphatic heterocycles. The summed E-state index contributed by atoms with van der Waals surface area (Å²) in [5, 5.41) is 2.56. The van der Waals surface area contributed by atoms with E-state index < -0.39 is 23.4 Å². The van der Waals surface area contributed by atoms with Crippen molar-refractivity contribution < 1.29 is 18.4 Å². The second-order valence-electron chi connectivity index (χ2n) is 5.25. The lowest BCUT2D eigenvalue weighted by Gasteiger charge is -2.14. The molecular weight excluding hydrogens is 394 g/mol. The van der Waals surface area contributed by atoms with Gasteiger partial charge in [-0.25, -0.2) is 8.78 Å². The molecule has 25 heavy (non-hydrogen) atoms. The highest BCUT2D eigenvalue weighted by molar-refractivity contribution is 9.10. The molecule has 0 bridgehead atoms. The minimum Gasteiger partial charge on any atom is -0.333 e. The maximum atomic E-state index is 13.6. The average molecular weight is 409 g/mol. The maximum Gasteiger partial charge on any atom is 0.246 e. The first-order valence-corrected chi connectivity index (χ1v) is 8.08. The predicted octanol–water partition coefficient (Wildman–Crippen LogP) is 3.84. The second-order valence-corrected chi connectivity index (χ2v) is 6.16. The SMILES string of the molecule is CN(CC(=O)Nc1ccc(F)cc1)C(=O)/C=C/c1cc(Br)ccc1F. The van der Waals surface area contributed by atoms with E-state index in [1.165, 1.54) is 54.4 Å². The molecule has 2 aromatic carbocycles. The van der Waals surface area contributed by atoms with Gasteiger partial charge in [-0.2, -0.15) is 0 Å². The molecule has 2 aromatic rings. The summed E-state index contributed by atoms with van der Waals surface area (Å²) in [4.78, 5) is 25.1. The number of amides is 2. The molecule has 0 radical (unpaired) electrons. The van der Waals surface area contributed by atoms with Gasteiger partial charge in [0.1, 0.15) is 11.6 Å². The van der Waals surface area contributed by atoms with Crippen LogP contribution in [0.4, 0.5) is 14.5 Å². The minimum atomic E-state index is -0.455. The molecule has 0 unspecified atom stereocenters. The molecule has 0 saturated carbocycles. The van der Waals surface area contributed by atoms with E-state index in [-0.39, 0.29) is 12.1 Å². The van der Waals surface area contributed by atoms with E-state index >= 15 is 0 Å². The van der Waals surface area contributed by atoms with Gasteiger partial charge in [0.25, 0.3) is 0 Å². The number of hydrogen-bond acceptors (Lipinski definition) is 2. The number of nitrogens with zero attached hydrogens (tertiary/aromatic N) is 1. The first kappa shape index (κ1) is 18.8. The fourth-order valence-corrected chi connectivity index (χ4v) is 2.34. The van der Waals surface area contributed by atoms with Crippen molar-refractivity contribution >= 4 is 39.5 Å². The Morgan fingerprint density at radius 2 is 1.84 bits per heavy atom. The van der Waals surface area contributed by atoms with Gasteiger partial charge < -0.3 is 10.2 Å². The number of likely N-dealkylation sites (N-methyl/N-ethyl adjacent to an activating group) is 1. The Morgan fingerprint density at radius 3 is 2.52 bits per heavy atom. The smallest absolute Gasteiger partial charge is 0.246 e. The molecule has 0 aliphatic rings. The Labute approximate surface area is 152 Å². The molecule has 0 spiro atoms. The Balaban J connectivity index is 1.93. The lowest BCUT2D eigenvalue weighted by molar-refractivity contribution is -0.129. The molecule has 2 amide bonds. The highest BCUT2D eigenvalue weighted by atomic mass is 79.9. The largest absolute Gasteiger partial charge is 0.333 e. The van der Waals surface area contributed by atoms with Crippen molar-refractivity contribution in [2.45, 2.75) is 0 Å². The van der Waals surface area contributed by atoms with Crippen molar-refractivity contribution in [2.75, 3.05) is 18.9 Å². The zero-order valence-corrected chi connectivity index (χ0v) is 14.9. The van der Waals surface area contributed by atoms with E-state index in [2.05, 4.69) is 21.2 Å². The van der Waals surface area contributed by atoms with Crippen LogP contribution in [0, 0.1) is 11.6 Å². The van der Waals surface area contributed by atoms with E-state index in [1.807, 2.05) is 0 Å². The molecule has 0 saturated heterocycles. The molecular formula is C18H15BrF2N2O2. The lowest BCUT2D eigenvalue weighted by Crippen LogP contribution is -2.33. The Bertz CT molecular complexity index is 807. The minimum absolute atomic E-state index is 0.193. The molecule has 4 nitrogen and oxygen atoms in total. The van der Waals surface area contributed by atoms with Crippen LogP contribution in [0.5, 0.6) is 0 Å². The third-order valence-electron chi connectivity index (χ3n) is 3.25. The molecule has 0 aliphatic carbocycles. The molecule has 130 valence electrons. The van der Waals surface area contributed by atoms with Crippen molar-refractivity contribution in [2.24, 2.45) is 0 Å². The number of halogens is 3. The summed E-state index contributed by atoms with van der Waals surface area (Å²) in [6.07, 6.45) is 2.53. The van der Waals surface area contributed by atoms with Gasteiger partial charge in [0.15, 0.2) is 0 Å². The summed E-state index contributed by atoms with van der Waals surface area (Å²) in [6, 6.07) is 9.67. The average Bonchev–Trinajstić information content (AvgIpc) is 2.57.